The maximum Gasteiger partial charge on any atom is 0.245 e. The summed E-state index contributed by atoms with van der Waals surface area (Å²) >= 11 is 6.30. The Balaban J connectivity index is 1.05. The first-order chi connectivity index (χ1) is 58.0. The van der Waals surface area contributed by atoms with Crippen LogP contribution >= 0.6 is 11.6 Å². The largest absolute Gasteiger partial charge is 0.394 e. The second kappa shape index (κ2) is 51.3. The van der Waals surface area contributed by atoms with Crippen molar-refractivity contribution >= 4 is 87.4 Å². The summed E-state index contributed by atoms with van der Waals surface area (Å²) in [5.41, 5.74) is 9.72. The zero-order chi connectivity index (χ0) is 86.0. The summed E-state index contributed by atoms with van der Waals surface area (Å²) < 4.78 is 0. The number of hydrogen-bond donors (Lipinski definition) is 15. The van der Waals surface area contributed by atoms with Gasteiger partial charge in [0.2, 0.25) is 65.0 Å². The van der Waals surface area contributed by atoms with E-state index in [2.05, 4.69) is 89.1 Å². The maximum absolute atomic E-state index is 15.4. The third kappa shape index (κ3) is 33.2. The number of nitrogens with zero attached hydrogens (tertiary/aromatic N) is 5. The lowest BCUT2D eigenvalue weighted by Gasteiger charge is -2.31. The van der Waals surface area contributed by atoms with E-state index in [1.54, 1.807) is 55.0 Å². The van der Waals surface area contributed by atoms with E-state index in [9.17, 15) is 38.7 Å². The van der Waals surface area contributed by atoms with Gasteiger partial charge in [-0.3, -0.25) is 72.7 Å². The molecular weight excluding hydrogens is 1550 g/mol. The van der Waals surface area contributed by atoms with Crippen LogP contribution in [0.25, 0.3) is 10.8 Å². The van der Waals surface area contributed by atoms with E-state index < -0.39 is 132 Å². The number of pyridine rings is 4. The number of fused-ring (bicyclic) bond motifs is 1. The molecule has 5 heterocycles. The quantitative estimate of drug-likeness (QED) is 0.0239. The average molecular weight is 1670 g/mol. The van der Waals surface area contributed by atoms with Crippen LogP contribution in [-0.2, 0) is 91.6 Å². The van der Waals surface area contributed by atoms with Gasteiger partial charge in [-0.2, -0.15) is 0 Å². The smallest absolute Gasteiger partial charge is 0.245 e. The molecule has 0 saturated carbocycles. The van der Waals surface area contributed by atoms with E-state index >= 15 is 19.2 Å². The Kier molecular flexibility index (Phi) is 40.3. The van der Waals surface area contributed by atoms with Gasteiger partial charge in [0, 0.05) is 94.4 Å². The maximum atomic E-state index is 15.4. The zero-order valence-electron chi connectivity index (χ0n) is 69.0. The van der Waals surface area contributed by atoms with Gasteiger partial charge >= 0.3 is 0 Å². The van der Waals surface area contributed by atoms with Gasteiger partial charge in [0.25, 0.3) is 0 Å². The van der Waals surface area contributed by atoms with Gasteiger partial charge in [0.05, 0.1) is 23.7 Å². The molecule has 0 radical (unpaired) electrons. The summed E-state index contributed by atoms with van der Waals surface area (Å²) in [4.78, 5) is 178. The van der Waals surface area contributed by atoms with Gasteiger partial charge in [0.15, 0.2) is 0 Å². The third-order valence-corrected chi connectivity index (χ3v) is 20.8. The summed E-state index contributed by atoms with van der Waals surface area (Å²) in [6, 6.07) is 27.0. The van der Waals surface area contributed by atoms with Gasteiger partial charge in [0.1, 0.15) is 60.4 Å². The lowest BCUT2D eigenvalue weighted by Crippen LogP contribution is -2.61. The molecule has 8 rings (SSSR count). The van der Waals surface area contributed by atoms with Crippen LogP contribution in [0.2, 0.25) is 5.02 Å². The molecule has 10 atom stereocenters. The highest BCUT2D eigenvalue weighted by Gasteiger charge is 2.40. The molecule has 32 heteroatoms. The minimum Gasteiger partial charge on any atom is -0.394 e. The number of carbonyl (C=O) groups excluding carboxylic acids is 11. The summed E-state index contributed by atoms with van der Waals surface area (Å²) in [5.74, 6) is -8.12. The predicted molar refractivity (Wildman–Crippen MR) is 457 cm³/mol. The van der Waals surface area contributed by atoms with Gasteiger partial charge in [-0.05, 0) is 205 Å². The second-order valence-corrected chi connectivity index (χ2v) is 31.0. The van der Waals surface area contributed by atoms with E-state index in [0.717, 1.165) is 33.4 Å². The summed E-state index contributed by atoms with van der Waals surface area (Å²) in [5, 5.41) is 52.1. The Morgan fingerprint density at radius 1 is 0.450 bits per heavy atom. The van der Waals surface area contributed by atoms with E-state index in [-0.39, 0.29) is 64.0 Å². The fraction of sp³-hybridized carbons (Fsp3) is 0.466. The Bertz CT molecular complexity index is 4390. The molecule has 1 aliphatic heterocycles. The molecule has 11 amide bonds. The normalized spacial score (nSPS) is 14.8. The average Bonchev–Trinajstić information content (AvgIpc) is 1.71. The molecular formula is C88H118ClN19O12. The van der Waals surface area contributed by atoms with E-state index in [0.29, 0.717) is 120 Å². The number of hydrogen-bond acceptors (Lipinski definition) is 20. The number of benzene rings is 3. The lowest BCUT2D eigenvalue weighted by atomic mass is 9.99. The minimum atomic E-state index is -1.77. The number of halogens is 1. The van der Waals surface area contributed by atoms with Crippen LogP contribution in [0.3, 0.4) is 0 Å². The first-order valence-electron chi connectivity index (χ1n) is 41.6. The Hall–Kier alpha value is -11.2. The van der Waals surface area contributed by atoms with Crippen LogP contribution in [0.15, 0.2) is 164 Å². The third-order valence-electron chi connectivity index (χ3n) is 20.5. The van der Waals surface area contributed by atoms with Crippen molar-refractivity contribution in [3.63, 3.8) is 0 Å². The van der Waals surface area contributed by atoms with Gasteiger partial charge in [-0.15, -0.1) is 0 Å². The zero-order valence-corrected chi connectivity index (χ0v) is 69.7. The monoisotopic (exact) mass is 1670 g/mol. The number of likely N-dealkylation sites (tertiary alicyclic amines) is 1. The van der Waals surface area contributed by atoms with Crippen LogP contribution < -0.4 is 74.9 Å². The number of rotatable bonds is 53. The first-order valence-corrected chi connectivity index (χ1v) is 41.9. The molecule has 16 N–H and O–H groups in total. The van der Waals surface area contributed by atoms with Crippen molar-refractivity contribution in [1.29, 1.82) is 0 Å². The SMILES string of the molecule is CC(=O)N[C@H](Cc1ccc2ccccc2c1)C(=O)N[C@H](Cc1ccc(Cl)cc1)C(=O)N[C@H](Cc1cccnc1)C(=O)N[C@@H](CO)C(=O)N[C@@H](CCCCNCc1ccccn1)C(=O)N[C@@H](CCCCNCc1ccccn1)C(=O)N[C@@H](CCCCNC(C)C)C(=O)N[C@@H](CCCCNCc1ccccn1)C(=O)N1CCC[C@@H]1C(=O)N[C@H](C)C(N)=O. The second-order valence-electron chi connectivity index (χ2n) is 30.6. The highest BCUT2D eigenvalue weighted by atomic mass is 35.5. The van der Waals surface area contributed by atoms with Crippen LogP contribution in [0.4, 0.5) is 0 Å². The molecule has 1 aliphatic rings. The number of nitrogens with one attached hydrogen (secondary N) is 13. The highest BCUT2D eigenvalue weighted by Crippen LogP contribution is 2.23. The molecule has 0 spiro atoms. The number of aliphatic hydroxyl groups is 1. The van der Waals surface area contributed by atoms with Crippen molar-refractivity contribution < 1.29 is 57.8 Å². The number of aliphatic hydroxyl groups excluding tert-OH is 1. The molecule has 0 aliphatic carbocycles. The topological polar surface area (TPSA) is 445 Å². The summed E-state index contributed by atoms with van der Waals surface area (Å²) in [7, 11) is 0. The first kappa shape index (κ1) is 94.3. The van der Waals surface area contributed by atoms with E-state index in [1.807, 2.05) is 111 Å². The molecule has 1 fully saturated rings. The molecule has 0 bridgehead atoms. The minimum absolute atomic E-state index is 0.0267. The summed E-state index contributed by atoms with van der Waals surface area (Å²) in [6.45, 7) is 9.36. The molecule has 644 valence electrons. The molecule has 31 nitrogen and oxygen atoms in total. The molecule has 120 heavy (non-hydrogen) atoms. The molecule has 1 saturated heterocycles. The Morgan fingerprint density at radius 3 is 1.34 bits per heavy atom. The van der Waals surface area contributed by atoms with Crippen molar-refractivity contribution in [3.05, 3.63) is 203 Å². The number of unbranched alkanes of at least 4 members (excludes halogenated alkanes) is 4. The van der Waals surface area contributed by atoms with E-state index in [4.69, 9.17) is 17.3 Å². The number of aromatic nitrogens is 4. The lowest BCUT2D eigenvalue weighted by molar-refractivity contribution is -0.142. The Morgan fingerprint density at radius 2 is 0.875 bits per heavy atom. The van der Waals surface area contributed by atoms with Gasteiger partial charge < -0.3 is 84.9 Å². The number of primary amides is 1. The highest BCUT2D eigenvalue weighted by molar-refractivity contribution is 6.30. The number of amides is 11. The molecule has 0 unspecified atom stereocenters. The van der Waals surface area contributed by atoms with Gasteiger partial charge in [-0.25, -0.2) is 0 Å². The van der Waals surface area contributed by atoms with Crippen molar-refractivity contribution in [3.8, 4) is 0 Å². The Labute approximate surface area is 706 Å². The predicted octanol–water partition coefficient (Wildman–Crippen LogP) is 4.02. The molecule has 3 aromatic carbocycles. The van der Waals surface area contributed by atoms with Crippen molar-refractivity contribution in [2.45, 2.75) is 223 Å². The standard InChI is InChI=1S/C88H118ClN19O12/c1-58(2)95-44-20-13-31-72(82(114)104-73(32-12-16-42-94-56-69-28-9-19-47-98-69)88(120)108-48-22-33-78(108)87(119)99-59(3)79(90)111)102-80(112)70(29-10-14-40-92-54-67-26-7-17-45-96-67)101-81(113)71(30-11-15-41-93-55-68-27-8-18-46-97-68)103-86(118)77(57-109)107-85(117)76(52-63-23-21-43-91-53-63)106-84(116)75(50-61-35-38-66(89)39-36-61)105-83(115)74(100-60(4)110)51-62-34-37-64-24-5-6-25-65(64)49-62/h5-9,17-19,21,23-28,34-39,43,45-47,49,53,58-59,70-78,92-95,109H,10-16,20,22,29-33,40-42,44,48,50-52,54-57H2,1-4H3,(H2,90,111)(H,99,119)(H,100,110)(H,101,113)(H,102,112)(H,103,118)(H,104,114)(H,105,115)(H,106,116)(H,107,117)/t59-,70+,71+,72+,73+,74-,75-,76-,77+,78-/m1/s1. The van der Waals surface area contributed by atoms with Crippen LogP contribution in [0.5, 0.6) is 0 Å². The van der Waals surface area contributed by atoms with E-state index in [1.165, 1.54) is 31.1 Å². The van der Waals surface area contributed by atoms with Crippen molar-refractivity contribution in [2.75, 3.05) is 39.3 Å². The van der Waals surface area contributed by atoms with Crippen molar-refractivity contribution in [2.24, 2.45) is 5.73 Å². The number of carbonyl (C=O) groups is 11. The number of nitrogens with two attached hydrogens (primary N) is 1. The van der Waals surface area contributed by atoms with Gasteiger partial charge in [-0.1, -0.05) is 104 Å². The summed E-state index contributed by atoms with van der Waals surface area (Å²) in [6.07, 6.45) is 12.5. The van der Waals surface area contributed by atoms with Crippen molar-refractivity contribution in [1.82, 2.24) is 94.0 Å². The van der Waals surface area contributed by atoms with Crippen LogP contribution in [0, 0.1) is 0 Å². The van der Waals surface area contributed by atoms with Crippen LogP contribution in [-0.4, -0.2) is 201 Å². The molecule has 4 aromatic heterocycles. The van der Waals surface area contributed by atoms with Crippen LogP contribution in [0.1, 0.15) is 151 Å². The fourth-order valence-corrected chi connectivity index (χ4v) is 14.1. The fourth-order valence-electron chi connectivity index (χ4n) is 14.0. The molecule has 7 aromatic rings.